The molecular formula is C14H13N3O3S2. The lowest BCUT2D eigenvalue weighted by atomic mass is 10.3. The summed E-state index contributed by atoms with van der Waals surface area (Å²) in [6, 6.07) is 2.98. The Labute approximate surface area is 135 Å². The molecule has 6 nitrogen and oxygen atoms in total. The van der Waals surface area contributed by atoms with E-state index in [9.17, 15) is 14.4 Å². The summed E-state index contributed by atoms with van der Waals surface area (Å²) < 4.78 is 0. The number of hydrogen-bond acceptors (Lipinski definition) is 6. The van der Waals surface area contributed by atoms with Crippen molar-refractivity contribution in [3.63, 3.8) is 0 Å². The van der Waals surface area contributed by atoms with E-state index in [4.69, 9.17) is 0 Å². The van der Waals surface area contributed by atoms with Gasteiger partial charge in [-0.15, -0.1) is 22.7 Å². The summed E-state index contributed by atoms with van der Waals surface area (Å²) in [4.78, 5) is 43.4. The number of carbonyl (C=O) groups excluding carboxylic acids is 3. The molecule has 2 aromatic rings. The second kappa shape index (κ2) is 5.62. The molecule has 0 spiro atoms. The molecule has 2 aromatic heterocycles. The number of rotatable bonds is 4. The van der Waals surface area contributed by atoms with Crippen LogP contribution < -0.4 is 0 Å². The van der Waals surface area contributed by atoms with E-state index in [1.165, 1.54) is 11.3 Å². The van der Waals surface area contributed by atoms with Crippen LogP contribution in [0, 0.1) is 0 Å². The van der Waals surface area contributed by atoms with Gasteiger partial charge in [0.05, 0.1) is 17.1 Å². The van der Waals surface area contributed by atoms with Gasteiger partial charge in [0.15, 0.2) is 0 Å². The summed E-state index contributed by atoms with van der Waals surface area (Å²) in [5.74, 6) is -1.56. The standard InChI is InChI=1S/C14H13N3O3S2/c1-8(2)17-13(19)12(18)16(14(17)20)6-9-7-22-11(15-9)10-4-3-5-21-10/h3-5,7-8H,6H2,1-2H3. The second-order valence-corrected chi connectivity index (χ2v) is 6.87. The minimum atomic E-state index is -0.788. The first-order valence-electron chi connectivity index (χ1n) is 6.66. The van der Waals surface area contributed by atoms with Crippen LogP contribution in [0.25, 0.3) is 9.88 Å². The van der Waals surface area contributed by atoms with Crippen LogP contribution in [0.3, 0.4) is 0 Å². The Morgan fingerprint density at radius 3 is 2.55 bits per heavy atom. The van der Waals surface area contributed by atoms with E-state index in [1.54, 1.807) is 30.6 Å². The first-order valence-corrected chi connectivity index (χ1v) is 8.42. The molecule has 1 saturated heterocycles. The van der Waals surface area contributed by atoms with Crippen LogP contribution >= 0.6 is 22.7 Å². The third-order valence-corrected chi connectivity index (χ3v) is 5.13. The van der Waals surface area contributed by atoms with Crippen molar-refractivity contribution in [1.29, 1.82) is 0 Å². The number of hydrogen-bond donors (Lipinski definition) is 0. The lowest BCUT2D eigenvalue weighted by Crippen LogP contribution is -2.37. The zero-order valence-electron chi connectivity index (χ0n) is 12.0. The largest absolute Gasteiger partial charge is 0.334 e. The van der Waals surface area contributed by atoms with E-state index in [2.05, 4.69) is 4.98 Å². The van der Waals surface area contributed by atoms with Crippen molar-refractivity contribution in [1.82, 2.24) is 14.8 Å². The maximum atomic E-state index is 12.2. The molecule has 0 unspecified atom stereocenters. The molecule has 22 heavy (non-hydrogen) atoms. The molecule has 1 fully saturated rings. The van der Waals surface area contributed by atoms with Crippen molar-refractivity contribution in [3.8, 4) is 9.88 Å². The highest BCUT2D eigenvalue weighted by Crippen LogP contribution is 2.28. The number of amides is 4. The van der Waals surface area contributed by atoms with Gasteiger partial charge in [0.25, 0.3) is 0 Å². The third-order valence-electron chi connectivity index (χ3n) is 3.20. The van der Waals surface area contributed by atoms with Gasteiger partial charge in [0.1, 0.15) is 5.01 Å². The Hall–Kier alpha value is -2.06. The van der Waals surface area contributed by atoms with Crippen molar-refractivity contribution >= 4 is 40.5 Å². The Kier molecular flexibility index (Phi) is 3.79. The highest BCUT2D eigenvalue weighted by atomic mass is 32.1. The summed E-state index contributed by atoms with van der Waals surface area (Å²) in [6.07, 6.45) is 0. The molecule has 0 radical (unpaired) electrons. The second-order valence-electron chi connectivity index (χ2n) is 5.06. The fourth-order valence-corrected chi connectivity index (χ4v) is 3.80. The number of thiophene rings is 1. The summed E-state index contributed by atoms with van der Waals surface area (Å²) >= 11 is 3.03. The molecular weight excluding hydrogens is 322 g/mol. The summed E-state index contributed by atoms with van der Waals surface area (Å²) in [5, 5.41) is 4.61. The number of thiazole rings is 1. The maximum Gasteiger partial charge on any atom is 0.334 e. The molecule has 8 heteroatoms. The van der Waals surface area contributed by atoms with Crippen LogP contribution in [0.2, 0.25) is 0 Å². The van der Waals surface area contributed by atoms with Gasteiger partial charge in [-0.3, -0.25) is 14.5 Å². The molecule has 3 rings (SSSR count). The normalized spacial score (nSPS) is 15.5. The number of nitrogens with zero attached hydrogens (tertiary/aromatic N) is 3. The monoisotopic (exact) mass is 335 g/mol. The first kappa shape index (κ1) is 14.9. The van der Waals surface area contributed by atoms with Crippen LogP contribution in [0.5, 0.6) is 0 Å². The fourth-order valence-electron chi connectivity index (χ4n) is 2.17. The molecule has 0 atom stereocenters. The van der Waals surface area contributed by atoms with E-state index in [-0.39, 0.29) is 12.6 Å². The Bertz CT molecular complexity index is 736. The van der Waals surface area contributed by atoms with Crippen molar-refractivity contribution in [2.24, 2.45) is 0 Å². The molecule has 0 N–H and O–H groups in total. The van der Waals surface area contributed by atoms with Gasteiger partial charge in [-0.2, -0.15) is 0 Å². The van der Waals surface area contributed by atoms with Crippen molar-refractivity contribution in [2.75, 3.05) is 0 Å². The molecule has 0 bridgehead atoms. The fraction of sp³-hybridized carbons (Fsp3) is 0.286. The Morgan fingerprint density at radius 1 is 1.18 bits per heavy atom. The van der Waals surface area contributed by atoms with Crippen LogP contribution in [0.4, 0.5) is 4.79 Å². The van der Waals surface area contributed by atoms with Crippen LogP contribution in [0.1, 0.15) is 19.5 Å². The molecule has 1 aliphatic rings. The van der Waals surface area contributed by atoms with Gasteiger partial charge in [-0.05, 0) is 25.3 Å². The van der Waals surface area contributed by atoms with E-state index < -0.39 is 17.8 Å². The van der Waals surface area contributed by atoms with Gasteiger partial charge >= 0.3 is 17.8 Å². The number of urea groups is 1. The quantitative estimate of drug-likeness (QED) is 0.636. The average molecular weight is 335 g/mol. The van der Waals surface area contributed by atoms with Gasteiger partial charge in [-0.1, -0.05) is 6.07 Å². The summed E-state index contributed by atoms with van der Waals surface area (Å²) in [6.45, 7) is 3.42. The highest BCUT2D eigenvalue weighted by molar-refractivity contribution is 7.20. The molecule has 3 heterocycles. The Balaban J connectivity index is 1.80. The topological polar surface area (TPSA) is 70.6 Å². The first-order chi connectivity index (χ1) is 10.5. The minimum absolute atomic E-state index is 0.0223. The molecule has 0 aromatic carbocycles. The van der Waals surface area contributed by atoms with Crippen LogP contribution in [0.15, 0.2) is 22.9 Å². The third kappa shape index (κ3) is 2.44. The zero-order valence-corrected chi connectivity index (χ0v) is 13.6. The molecule has 4 amide bonds. The summed E-state index contributed by atoms with van der Waals surface area (Å²) in [7, 11) is 0. The van der Waals surface area contributed by atoms with E-state index in [0.717, 1.165) is 19.7 Å². The lowest BCUT2D eigenvalue weighted by Gasteiger charge is -2.17. The minimum Gasteiger partial charge on any atom is -0.263 e. The molecule has 114 valence electrons. The smallest absolute Gasteiger partial charge is 0.263 e. The Morgan fingerprint density at radius 2 is 1.95 bits per heavy atom. The number of aromatic nitrogens is 1. The predicted octanol–water partition coefficient (Wildman–Crippen LogP) is 2.57. The molecule has 0 saturated carbocycles. The van der Waals surface area contributed by atoms with Crippen molar-refractivity contribution < 1.29 is 14.4 Å². The van der Waals surface area contributed by atoms with Crippen molar-refractivity contribution in [2.45, 2.75) is 26.4 Å². The van der Waals surface area contributed by atoms with E-state index in [1.807, 2.05) is 17.5 Å². The summed E-state index contributed by atoms with van der Waals surface area (Å²) in [5.41, 5.74) is 0.605. The number of imide groups is 2. The van der Waals surface area contributed by atoms with Crippen molar-refractivity contribution in [3.05, 3.63) is 28.6 Å². The average Bonchev–Trinajstić information content (AvgIpc) is 3.17. The van der Waals surface area contributed by atoms with E-state index in [0.29, 0.717) is 5.69 Å². The SMILES string of the molecule is CC(C)N1C(=O)C(=O)N(Cc2csc(-c3cccs3)n2)C1=O. The lowest BCUT2D eigenvalue weighted by molar-refractivity contribution is -0.144. The van der Waals surface area contributed by atoms with Gasteiger partial charge in [0.2, 0.25) is 0 Å². The highest BCUT2D eigenvalue weighted by Gasteiger charge is 2.45. The zero-order chi connectivity index (χ0) is 15.9. The van der Waals surface area contributed by atoms with Gasteiger partial charge in [-0.25, -0.2) is 14.7 Å². The van der Waals surface area contributed by atoms with Gasteiger partial charge < -0.3 is 0 Å². The van der Waals surface area contributed by atoms with Gasteiger partial charge in [0, 0.05) is 11.4 Å². The maximum absolute atomic E-state index is 12.2. The van der Waals surface area contributed by atoms with Crippen LogP contribution in [-0.4, -0.2) is 38.7 Å². The molecule has 1 aliphatic heterocycles. The molecule has 0 aliphatic carbocycles. The van der Waals surface area contributed by atoms with Crippen LogP contribution in [-0.2, 0) is 16.1 Å². The number of carbonyl (C=O) groups is 3. The predicted molar refractivity (Wildman–Crippen MR) is 83.4 cm³/mol. The van der Waals surface area contributed by atoms with E-state index >= 15 is 0 Å².